The number of carbonyl (C=O) groups is 1. The van der Waals surface area contributed by atoms with Crippen molar-refractivity contribution in [2.45, 2.75) is 59.5 Å². The van der Waals surface area contributed by atoms with E-state index < -0.39 is 5.60 Å². The molecular weight excluding hydrogens is 288 g/mol. The Hall–Kier alpha value is -1.71. The fourth-order valence-electron chi connectivity index (χ4n) is 2.70. The van der Waals surface area contributed by atoms with Crippen LogP contribution in [-0.2, 0) is 11.2 Å². The molecule has 1 N–H and O–H groups in total. The molecule has 1 aliphatic rings. The Morgan fingerprint density at radius 1 is 1.35 bits per heavy atom. The molecule has 0 spiro atoms. The van der Waals surface area contributed by atoms with E-state index in [4.69, 9.17) is 4.74 Å². The number of nitrogens with one attached hydrogen (secondary N) is 1. The van der Waals surface area contributed by atoms with Crippen LogP contribution in [-0.4, -0.2) is 24.8 Å². The fraction of sp³-hybridized carbons (Fsp3) is 0.632. The number of benzene rings is 1. The number of ether oxygens (including phenoxy) is 1. The first-order valence-electron chi connectivity index (χ1n) is 8.63. The summed E-state index contributed by atoms with van der Waals surface area (Å²) in [5, 5.41) is 3.46. The number of hydrogen-bond donors (Lipinski definition) is 1. The third-order valence-electron chi connectivity index (χ3n) is 3.87. The zero-order valence-electron chi connectivity index (χ0n) is 15.1. The molecule has 4 nitrogen and oxygen atoms in total. The molecule has 0 saturated heterocycles. The topological polar surface area (TPSA) is 41.6 Å². The number of rotatable bonds is 4. The Labute approximate surface area is 140 Å². The molecule has 0 aliphatic carbocycles. The second kappa shape index (κ2) is 7.24. The lowest BCUT2D eigenvalue weighted by Gasteiger charge is -2.32. The zero-order chi connectivity index (χ0) is 17.0. The minimum Gasteiger partial charge on any atom is -0.443 e. The Bertz CT molecular complexity index is 547. The second-order valence-corrected chi connectivity index (χ2v) is 7.69. The van der Waals surface area contributed by atoms with Gasteiger partial charge in [-0.15, -0.1) is 0 Å². The van der Waals surface area contributed by atoms with Crippen molar-refractivity contribution in [3.63, 3.8) is 0 Å². The molecule has 23 heavy (non-hydrogen) atoms. The van der Waals surface area contributed by atoms with E-state index in [1.54, 1.807) is 4.90 Å². The monoisotopic (exact) mass is 318 g/mol. The van der Waals surface area contributed by atoms with E-state index in [9.17, 15) is 4.79 Å². The van der Waals surface area contributed by atoms with Crippen molar-refractivity contribution in [1.29, 1.82) is 0 Å². The van der Waals surface area contributed by atoms with Crippen LogP contribution in [0.3, 0.4) is 0 Å². The van der Waals surface area contributed by atoms with Crippen molar-refractivity contribution in [3.8, 4) is 0 Å². The summed E-state index contributed by atoms with van der Waals surface area (Å²) >= 11 is 0. The molecule has 1 amide bonds. The lowest BCUT2D eigenvalue weighted by molar-refractivity contribution is 0.0578. The SMILES string of the molecule is CC(C)CCNc1ccc2c(c1)N(C(=O)OC(C)(C)C)CCC2. The number of carbonyl (C=O) groups excluding carboxylic acids is 1. The molecule has 0 saturated carbocycles. The van der Waals surface area contributed by atoms with Gasteiger partial charge in [0.25, 0.3) is 0 Å². The Kier molecular flexibility index (Phi) is 5.55. The highest BCUT2D eigenvalue weighted by Crippen LogP contribution is 2.31. The van der Waals surface area contributed by atoms with E-state index in [1.165, 1.54) is 5.56 Å². The van der Waals surface area contributed by atoms with Crippen molar-refractivity contribution in [2.75, 3.05) is 23.3 Å². The molecule has 2 rings (SSSR count). The van der Waals surface area contributed by atoms with E-state index in [0.717, 1.165) is 43.7 Å². The summed E-state index contributed by atoms with van der Waals surface area (Å²) < 4.78 is 5.55. The lowest BCUT2D eigenvalue weighted by atomic mass is 10.0. The third-order valence-corrected chi connectivity index (χ3v) is 3.87. The molecule has 0 atom stereocenters. The van der Waals surface area contributed by atoms with E-state index >= 15 is 0 Å². The molecule has 1 aromatic carbocycles. The molecule has 0 radical (unpaired) electrons. The maximum Gasteiger partial charge on any atom is 0.414 e. The Morgan fingerprint density at radius 3 is 2.74 bits per heavy atom. The quantitative estimate of drug-likeness (QED) is 0.864. The normalized spacial score (nSPS) is 14.6. The number of hydrogen-bond acceptors (Lipinski definition) is 3. The van der Waals surface area contributed by atoms with Crippen LogP contribution in [0.4, 0.5) is 16.2 Å². The highest BCUT2D eigenvalue weighted by atomic mass is 16.6. The summed E-state index contributed by atoms with van der Waals surface area (Å²) in [6.07, 6.45) is 2.87. The summed E-state index contributed by atoms with van der Waals surface area (Å²) in [5.41, 5.74) is 2.80. The minimum atomic E-state index is -0.470. The van der Waals surface area contributed by atoms with Gasteiger partial charge in [-0.05, 0) is 63.6 Å². The van der Waals surface area contributed by atoms with Crippen molar-refractivity contribution in [1.82, 2.24) is 0 Å². The summed E-state index contributed by atoms with van der Waals surface area (Å²) in [6.45, 7) is 11.8. The number of nitrogens with zero attached hydrogens (tertiary/aromatic N) is 1. The number of aryl methyl sites for hydroxylation is 1. The number of anilines is 2. The van der Waals surface area contributed by atoms with E-state index in [1.807, 2.05) is 20.8 Å². The van der Waals surface area contributed by atoms with Gasteiger partial charge in [0.15, 0.2) is 0 Å². The number of fused-ring (bicyclic) bond motifs is 1. The van der Waals surface area contributed by atoms with Gasteiger partial charge in [0, 0.05) is 18.8 Å². The van der Waals surface area contributed by atoms with Gasteiger partial charge in [-0.2, -0.15) is 0 Å². The molecule has 1 aromatic rings. The molecule has 128 valence electrons. The van der Waals surface area contributed by atoms with Gasteiger partial charge >= 0.3 is 6.09 Å². The zero-order valence-corrected chi connectivity index (χ0v) is 15.1. The highest BCUT2D eigenvalue weighted by molar-refractivity contribution is 5.90. The fourth-order valence-corrected chi connectivity index (χ4v) is 2.70. The van der Waals surface area contributed by atoms with Gasteiger partial charge in [0.2, 0.25) is 0 Å². The van der Waals surface area contributed by atoms with Crippen LogP contribution in [0.1, 0.15) is 53.0 Å². The van der Waals surface area contributed by atoms with Crippen LogP contribution >= 0.6 is 0 Å². The predicted molar refractivity (Wildman–Crippen MR) is 96.3 cm³/mol. The summed E-state index contributed by atoms with van der Waals surface area (Å²) in [7, 11) is 0. The first-order valence-corrected chi connectivity index (χ1v) is 8.63. The Morgan fingerprint density at radius 2 is 2.09 bits per heavy atom. The van der Waals surface area contributed by atoms with Crippen LogP contribution < -0.4 is 10.2 Å². The Balaban J connectivity index is 2.13. The molecule has 1 aliphatic heterocycles. The van der Waals surface area contributed by atoms with E-state index in [2.05, 4.69) is 37.4 Å². The standard InChI is InChI=1S/C19H30N2O2/c1-14(2)10-11-20-16-9-8-15-7-6-12-21(17(15)13-16)18(22)23-19(3,4)5/h8-9,13-14,20H,6-7,10-12H2,1-5H3. The molecule has 0 bridgehead atoms. The minimum absolute atomic E-state index is 0.252. The van der Waals surface area contributed by atoms with E-state index in [0.29, 0.717) is 5.92 Å². The van der Waals surface area contributed by atoms with Crippen LogP contribution in [0.2, 0.25) is 0 Å². The van der Waals surface area contributed by atoms with Gasteiger partial charge in [-0.3, -0.25) is 4.90 Å². The van der Waals surface area contributed by atoms with Gasteiger partial charge in [0.1, 0.15) is 5.60 Å². The molecule has 1 heterocycles. The maximum absolute atomic E-state index is 12.5. The smallest absolute Gasteiger partial charge is 0.414 e. The summed E-state index contributed by atoms with van der Waals surface area (Å²) in [4.78, 5) is 14.2. The summed E-state index contributed by atoms with van der Waals surface area (Å²) in [6, 6.07) is 6.32. The van der Waals surface area contributed by atoms with Gasteiger partial charge in [-0.25, -0.2) is 4.79 Å². The molecule has 0 unspecified atom stereocenters. The van der Waals surface area contributed by atoms with Crippen LogP contribution in [0.15, 0.2) is 18.2 Å². The first-order chi connectivity index (χ1) is 10.8. The van der Waals surface area contributed by atoms with Gasteiger partial charge in [0.05, 0.1) is 5.69 Å². The number of amides is 1. The summed E-state index contributed by atoms with van der Waals surface area (Å²) in [5.74, 6) is 0.679. The van der Waals surface area contributed by atoms with Crippen LogP contribution in [0.5, 0.6) is 0 Å². The predicted octanol–water partition coefficient (Wildman–Crippen LogP) is 4.83. The molecule has 0 fully saturated rings. The van der Waals surface area contributed by atoms with Crippen molar-refractivity contribution >= 4 is 17.5 Å². The maximum atomic E-state index is 12.5. The molecular formula is C19H30N2O2. The second-order valence-electron chi connectivity index (χ2n) is 7.69. The molecule has 4 heteroatoms. The third kappa shape index (κ3) is 5.15. The van der Waals surface area contributed by atoms with Gasteiger partial charge < -0.3 is 10.1 Å². The first kappa shape index (κ1) is 17.6. The van der Waals surface area contributed by atoms with Crippen molar-refractivity contribution in [2.24, 2.45) is 5.92 Å². The highest BCUT2D eigenvalue weighted by Gasteiger charge is 2.27. The van der Waals surface area contributed by atoms with Gasteiger partial charge in [-0.1, -0.05) is 19.9 Å². The largest absolute Gasteiger partial charge is 0.443 e. The average molecular weight is 318 g/mol. The average Bonchev–Trinajstić information content (AvgIpc) is 2.44. The van der Waals surface area contributed by atoms with Crippen LogP contribution in [0.25, 0.3) is 0 Å². The lowest BCUT2D eigenvalue weighted by Crippen LogP contribution is -2.39. The van der Waals surface area contributed by atoms with Crippen molar-refractivity contribution < 1.29 is 9.53 Å². The van der Waals surface area contributed by atoms with E-state index in [-0.39, 0.29) is 6.09 Å². The van der Waals surface area contributed by atoms with Crippen molar-refractivity contribution in [3.05, 3.63) is 23.8 Å². The van der Waals surface area contributed by atoms with Crippen LogP contribution in [0, 0.1) is 5.92 Å². The molecule has 0 aromatic heterocycles.